The molecular formula is C17H31N3OS. The molecule has 0 spiro atoms. The molecule has 2 amide bonds. The fraction of sp³-hybridized carbons (Fsp3) is 0.941. The number of piperidine rings is 1. The first kappa shape index (κ1) is 16.4. The molecule has 2 N–H and O–H groups in total. The molecule has 0 bridgehead atoms. The van der Waals surface area contributed by atoms with E-state index in [0.717, 1.165) is 50.1 Å². The lowest BCUT2D eigenvalue weighted by Crippen LogP contribution is -2.51. The van der Waals surface area contributed by atoms with E-state index < -0.39 is 0 Å². The predicted molar refractivity (Wildman–Crippen MR) is 93.5 cm³/mol. The summed E-state index contributed by atoms with van der Waals surface area (Å²) in [4.78, 5) is 14.8. The Labute approximate surface area is 139 Å². The number of carbonyl (C=O) groups excluding carboxylic acids is 1. The van der Waals surface area contributed by atoms with Gasteiger partial charge in [0, 0.05) is 36.5 Å². The number of nitrogens with zero attached hydrogens (tertiary/aromatic N) is 1. The van der Waals surface area contributed by atoms with Gasteiger partial charge >= 0.3 is 6.03 Å². The molecule has 3 aliphatic rings. The zero-order valence-electron chi connectivity index (χ0n) is 13.9. The number of carbonyl (C=O) groups is 1. The average molecular weight is 326 g/mol. The van der Waals surface area contributed by atoms with Crippen LogP contribution in [0.2, 0.25) is 0 Å². The van der Waals surface area contributed by atoms with Crippen molar-refractivity contribution in [2.45, 2.75) is 81.7 Å². The quantitative estimate of drug-likeness (QED) is 0.817. The van der Waals surface area contributed by atoms with Crippen molar-refractivity contribution in [3.05, 3.63) is 0 Å². The number of thioether (sulfide) groups is 1. The van der Waals surface area contributed by atoms with Gasteiger partial charge in [0.15, 0.2) is 0 Å². The second kappa shape index (κ2) is 7.91. The second-order valence-electron chi connectivity index (χ2n) is 7.10. The lowest BCUT2D eigenvalue weighted by Gasteiger charge is -2.33. The van der Waals surface area contributed by atoms with Gasteiger partial charge in [0.1, 0.15) is 0 Å². The molecule has 3 fully saturated rings. The van der Waals surface area contributed by atoms with Gasteiger partial charge < -0.3 is 15.5 Å². The Morgan fingerprint density at radius 2 is 1.77 bits per heavy atom. The van der Waals surface area contributed by atoms with Gasteiger partial charge in [-0.05, 0) is 50.7 Å². The summed E-state index contributed by atoms with van der Waals surface area (Å²) < 4.78 is 0. The van der Waals surface area contributed by atoms with Crippen LogP contribution in [-0.4, -0.2) is 53.1 Å². The highest BCUT2D eigenvalue weighted by Gasteiger charge is 2.32. The van der Waals surface area contributed by atoms with Gasteiger partial charge in [0.2, 0.25) is 0 Å². The first-order valence-corrected chi connectivity index (χ1v) is 10.2. The zero-order valence-corrected chi connectivity index (χ0v) is 14.7. The lowest BCUT2D eigenvalue weighted by atomic mass is 9.95. The molecule has 0 unspecified atom stereocenters. The van der Waals surface area contributed by atoms with E-state index in [-0.39, 0.29) is 6.03 Å². The first-order valence-electron chi connectivity index (χ1n) is 9.17. The molecule has 5 heteroatoms. The van der Waals surface area contributed by atoms with E-state index in [2.05, 4.69) is 34.2 Å². The summed E-state index contributed by atoms with van der Waals surface area (Å²) in [5, 5.41) is 7.17. The Morgan fingerprint density at radius 1 is 1.05 bits per heavy atom. The standard InChI is InChI=1S/C17H31N3OS/c1-2-22-16-5-3-4-14(12-16)19-17(21)18-13-8-10-20(11-9-13)15-6-7-15/h13-16H,2-12H2,1H3,(H2,18,19,21)/t14-,16-/m0/s1. The van der Waals surface area contributed by atoms with Gasteiger partial charge in [-0.3, -0.25) is 0 Å². The van der Waals surface area contributed by atoms with Crippen molar-refractivity contribution < 1.29 is 4.79 Å². The third-order valence-corrected chi connectivity index (χ3v) is 6.52. The predicted octanol–water partition coefficient (Wildman–Crippen LogP) is 2.98. The van der Waals surface area contributed by atoms with Gasteiger partial charge in [-0.2, -0.15) is 11.8 Å². The molecule has 1 saturated heterocycles. The zero-order chi connectivity index (χ0) is 15.4. The molecule has 1 aliphatic heterocycles. The van der Waals surface area contributed by atoms with Crippen LogP contribution < -0.4 is 10.6 Å². The van der Waals surface area contributed by atoms with Crippen LogP contribution in [0, 0.1) is 0 Å². The van der Waals surface area contributed by atoms with E-state index in [1.54, 1.807) is 0 Å². The number of amides is 2. The smallest absolute Gasteiger partial charge is 0.315 e. The number of hydrogen-bond donors (Lipinski definition) is 2. The maximum absolute atomic E-state index is 12.2. The summed E-state index contributed by atoms with van der Waals surface area (Å²) in [5.41, 5.74) is 0. The summed E-state index contributed by atoms with van der Waals surface area (Å²) in [5.74, 6) is 1.18. The van der Waals surface area contributed by atoms with Crippen LogP contribution >= 0.6 is 11.8 Å². The van der Waals surface area contributed by atoms with Crippen molar-refractivity contribution in [3.63, 3.8) is 0 Å². The minimum Gasteiger partial charge on any atom is -0.335 e. The summed E-state index contributed by atoms with van der Waals surface area (Å²) >= 11 is 2.05. The largest absolute Gasteiger partial charge is 0.335 e. The second-order valence-corrected chi connectivity index (χ2v) is 8.68. The molecule has 126 valence electrons. The van der Waals surface area contributed by atoms with Crippen molar-refractivity contribution >= 4 is 17.8 Å². The Morgan fingerprint density at radius 3 is 2.45 bits per heavy atom. The van der Waals surface area contributed by atoms with Gasteiger partial charge in [0.25, 0.3) is 0 Å². The first-order chi connectivity index (χ1) is 10.7. The van der Waals surface area contributed by atoms with E-state index in [1.165, 1.54) is 31.4 Å². The van der Waals surface area contributed by atoms with E-state index in [0.29, 0.717) is 12.1 Å². The van der Waals surface area contributed by atoms with Crippen LogP contribution in [0.25, 0.3) is 0 Å². The molecule has 0 radical (unpaired) electrons. The van der Waals surface area contributed by atoms with Gasteiger partial charge in [-0.15, -0.1) is 0 Å². The molecule has 3 rings (SSSR count). The van der Waals surface area contributed by atoms with E-state index in [9.17, 15) is 4.79 Å². The van der Waals surface area contributed by atoms with Gasteiger partial charge in [-0.1, -0.05) is 13.3 Å². The highest BCUT2D eigenvalue weighted by Crippen LogP contribution is 2.30. The topological polar surface area (TPSA) is 44.4 Å². The van der Waals surface area contributed by atoms with Crippen molar-refractivity contribution in [1.29, 1.82) is 0 Å². The van der Waals surface area contributed by atoms with Crippen LogP contribution in [0.15, 0.2) is 0 Å². The van der Waals surface area contributed by atoms with Crippen LogP contribution in [-0.2, 0) is 0 Å². The summed E-state index contributed by atoms with van der Waals surface area (Å²) in [6.45, 7) is 4.55. The van der Waals surface area contributed by atoms with Crippen LogP contribution in [0.3, 0.4) is 0 Å². The Kier molecular flexibility index (Phi) is 5.91. The number of nitrogens with one attached hydrogen (secondary N) is 2. The fourth-order valence-electron chi connectivity index (χ4n) is 3.92. The molecule has 0 aromatic heterocycles. The Balaban J connectivity index is 1.35. The Hall–Kier alpha value is -0.420. The molecule has 4 nitrogen and oxygen atoms in total. The number of rotatable bonds is 5. The normalized spacial score (nSPS) is 31.0. The number of hydrogen-bond acceptors (Lipinski definition) is 3. The highest BCUT2D eigenvalue weighted by atomic mass is 32.2. The third kappa shape index (κ3) is 4.79. The van der Waals surface area contributed by atoms with Crippen molar-refractivity contribution in [2.75, 3.05) is 18.8 Å². The molecule has 0 aromatic carbocycles. The molecule has 1 heterocycles. The Bertz CT molecular complexity index is 365. The van der Waals surface area contributed by atoms with Crippen LogP contribution in [0.4, 0.5) is 4.79 Å². The van der Waals surface area contributed by atoms with Gasteiger partial charge in [0.05, 0.1) is 0 Å². The molecule has 2 aliphatic carbocycles. The molecule has 2 atom stereocenters. The van der Waals surface area contributed by atoms with E-state index in [4.69, 9.17) is 0 Å². The SMILES string of the molecule is CCS[C@H]1CCC[C@H](NC(=O)NC2CCN(C3CC3)CC2)C1. The highest BCUT2D eigenvalue weighted by molar-refractivity contribution is 7.99. The van der Waals surface area contributed by atoms with Crippen molar-refractivity contribution in [2.24, 2.45) is 0 Å². The maximum atomic E-state index is 12.2. The monoisotopic (exact) mass is 325 g/mol. The minimum atomic E-state index is 0.0667. The maximum Gasteiger partial charge on any atom is 0.315 e. The van der Waals surface area contributed by atoms with Crippen LogP contribution in [0.1, 0.15) is 58.3 Å². The molecule has 2 saturated carbocycles. The average Bonchev–Trinajstić information content (AvgIpc) is 3.33. The van der Waals surface area contributed by atoms with Crippen molar-refractivity contribution in [3.8, 4) is 0 Å². The number of likely N-dealkylation sites (tertiary alicyclic amines) is 1. The molecule has 22 heavy (non-hydrogen) atoms. The van der Waals surface area contributed by atoms with Crippen LogP contribution in [0.5, 0.6) is 0 Å². The molecule has 0 aromatic rings. The van der Waals surface area contributed by atoms with E-state index >= 15 is 0 Å². The third-order valence-electron chi connectivity index (χ3n) is 5.29. The fourth-order valence-corrected chi connectivity index (χ4v) is 5.10. The summed E-state index contributed by atoms with van der Waals surface area (Å²) in [7, 11) is 0. The lowest BCUT2D eigenvalue weighted by molar-refractivity contribution is 0.184. The number of urea groups is 1. The summed E-state index contributed by atoms with van der Waals surface area (Å²) in [6, 6.07) is 1.69. The summed E-state index contributed by atoms with van der Waals surface area (Å²) in [6.07, 6.45) is 9.86. The van der Waals surface area contributed by atoms with E-state index in [1.807, 2.05) is 0 Å². The molecular weight excluding hydrogens is 294 g/mol. The van der Waals surface area contributed by atoms with Crippen molar-refractivity contribution in [1.82, 2.24) is 15.5 Å². The minimum absolute atomic E-state index is 0.0667. The van der Waals surface area contributed by atoms with Gasteiger partial charge in [-0.25, -0.2) is 4.79 Å².